The summed E-state index contributed by atoms with van der Waals surface area (Å²) in [7, 11) is -3.74. The summed E-state index contributed by atoms with van der Waals surface area (Å²) in [6.07, 6.45) is -3.35. The summed E-state index contributed by atoms with van der Waals surface area (Å²) in [6.45, 7) is 0.425. The number of piperidine rings is 1. The topological polar surface area (TPSA) is 66.5 Å². The number of amides is 1. The van der Waals surface area contributed by atoms with E-state index in [1.165, 1.54) is 40.7 Å². The number of nitrogens with zero attached hydrogens (tertiary/aromatic N) is 1. The van der Waals surface area contributed by atoms with Crippen molar-refractivity contribution in [3.05, 3.63) is 64.7 Å². The molecule has 1 aliphatic rings. The number of halogens is 4. The molecule has 0 radical (unpaired) electrons. The molecular weight excluding hydrogens is 441 g/mol. The summed E-state index contributed by atoms with van der Waals surface area (Å²) in [4.78, 5) is 12.6. The maximum absolute atomic E-state index is 12.8. The average Bonchev–Trinajstić information content (AvgIpc) is 2.72. The average molecular weight is 461 g/mol. The van der Waals surface area contributed by atoms with E-state index in [0.29, 0.717) is 30.0 Å². The summed E-state index contributed by atoms with van der Waals surface area (Å²) in [6, 6.07) is 10.4. The first-order valence-electron chi connectivity index (χ1n) is 9.27. The Morgan fingerprint density at radius 3 is 2.33 bits per heavy atom. The van der Waals surface area contributed by atoms with Gasteiger partial charge in [0, 0.05) is 24.7 Å². The van der Waals surface area contributed by atoms with Crippen LogP contribution in [0.1, 0.15) is 24.0 Å². The van der Waals surface area contributed by atoms with Crippen LogP contribution in [0.4, 0.5) is 13.2 Å². The van der Waals surface area contributed by atoms with Crippen LogP contribution in [0.2, 0.25) is 5.02 Å². The van der Waals surface area contributed by atoms with Crippen LogP contribution in [0.15, 0.2) is 53.4 Å². The van der Waals surface area contributed by atoms with Crippen molar-refractivity contribution < 1.29 is 26.4 Å². The molecular formula is C20H20ClF3N2O3S. The van der Waals surface area contributed by atoms with Crippen LogP contribution < -0.4 is 5.32 Å². The van der Waals surface area contributed by atoms with Gasteiger partial charge < -0.3 is 5.32 Å². The predicted molar refractivity (Wildman–Crippen MR) is 106 cm³/mol. The van der Waals surface area contributed by atoms with Crippen LogP contribution in [0, 0.1) is 5.92 Å². The lowest BCUT2D eigenvalue weighted by atomic mass is 9.98. The van der Waals surface area contributed by atoms with Gasteiger partial charge in [-0.25, -0.2) is 8.42 Å². The van der Waals surface area contributed by atoms with Crippen molar-refractivity contribution in [1.82, 2.24) is 9.62 Å². The highest BCUT2D eigenvalue weighted by atomic mass is 35.5. The molecule has 1 amide bonds. The maximum Gasteiger partial charge on any atom is 0.416 e. The molecule has 1 fully saturated rings. The zero-order valence-corrected chi connectivity index (χ0v) is 17.4. The molecule has 162 valence electrons. The fourth-order valence-corrected chi connectivity index (χ4v) is 4.93. The number of benzene rings is 2. The summed E-state index contributed by atoms with van der Waals surface area (Å²) in [5.74, 6) is -0.860. The number of carbonyl (C=O) groups is 1. The molecule has 1 saturated heterocycles. The zero-order valence-electron chi connectivity index (χ0n) is 15.8. The molecule has 3 rings (SSSR count). The lowest BCUT2D eigenvalue weighted by Gasteiger charge is -2.31. The molecule has 0 aliphatic carbocycles. The minimum atomic E-state index is -4.41. The zero-order chi connectivity index (χ0) is 21.9. The van der Waals surface area contributed by atoms with Crippen molar-refractivity contribution in [2.45, 2.75) is 30.5 Å². The van der Waals surface area contributed by atoms with Crippen LogP contribution in [-0.2, 0) is 27.5 Å². The summed E-state index contributed by atoms with van der Waals surface area (Å²) < 4.78 is 64.8. The summed E-state index contributed by atoms with van der Waals surface area (Å²) >= 11 is 5.81. The predicted octanol–water partition coefficient (Wildman–Crippen LogP) is 4.08. The van der Waals surface area contributed by atoms with Crippen molar-refractivity contribution in [1.29, 1.82) is 0 Å². The van der Waals surface area contributed by atoms with Gasteiger partial charge in [-0.05, 0) is 54.8 Å². The van der Waals surface area contributed by atoms with Gasteiger partial charge in [0.1, 0.15) is 0 Å². The smallest absolute Gasteiger partial charge is 0.352 e. The second-order valence-corrected chi connectivity index (χ2v) is 9.44. The van der Waals surface area contributed by atoms with Crippen molar-refractivity contribution >= 4 is 27.5 Å². The Balaban J connectivity index is 1.61. The van der Waals surface area contributed by atoms with E-state index >= 15 is 0 Å². The fraction of sp³-hybridized carbons (Fsp3) is 0.350. The molecule has 1 heterocycles. The van der Waals surface area contributed by atoms with Gasteiger partial charge in [-0.1, -0.05) is 23.7 Å². The van der Waals surface area contributed by atoms with E-state index in [4.69, 9.17) is 11.6 Å². The van der Waals surface area contributed by atoms with Crippen molar-refractivity contribution in [2.24, 2.45) is 5.92 Å². The van der Waals surface area contributed by atoms with Crippen LogP contribution in [-0.4, -0.2) is 31.7 Å². The highest BCUT2D eigenvalue weighted by Crippen LogP contribution is 2.29. The summed E-state index contributed by atoms with van der Waals surface area (Å²) in [5, 5.41) is 3.11. The number of rotatable bonds is 5. The number of alkyl halides is 3. The van der Waals surface area contributed by atoms with E-state index in [9.17, 15) is 26.4 Å². The minimum absolute atomic E-state index is 0.0454. The SMILES string of the molecule is O=C(NCc1ccc(C(F)(F)F)cc1)C1CCCN(S(=O)(=O)c2ccc(Cl)cc2)C1. The lowest BCUT2D eigenvalue weighted by Crippen LogP contribution is -2.45. The standard InChI is InChI=1S/C20H20ClF3N2O3S/c21-17-7-9-18(10-8-17)30(28,29)26-11-1-2-15(13-26)19(27)25-12-14-3-5-16(6-4-14)20(22,23)24/h3-10,15H,1-2,11-13H2,(H,25,27). The Kier molecular flexibility index (Phi) is 6.74. The molecule has 0 bridgehead atoms. The second-order valence-electron chi connectivity index (χ2n) is 7.07. The molecule has 1 aliphatic heterocycles. The van der Waals surface area contributed by atoms with Crippen LogP contribution in [0.3, 0.4) is 0 Å². The normalized spacial score (nSPS) is 18.2. The van der Waals surface area contributed by atoms with Gasteiger partial charge in [-0.3, -0.25) is 4.79 Å². The molecule has 1 atom stereocenters. The molecule has 1 unspecified atom stereocenters. The number of nitrogens with one attached hydrogen (secondary N) is 1. The van der Waals surface area contributed by atoms with E-state index in [1.807, 2.05) is 0 Å². The molecule has 2 aromatic carbocycles. The van der Waals surface area contributed by atoms with Gasteiger partial charge in [0.25, 0.3) is 0 Å². The van der Waals surface area contributed by atoms with E-state index < -0.39 is 27.7 Å². The number of carbonyl (C=O) groups excluding carboxylic acids is 1. The Hall–Kier alpha value is -2.10. The number of sulfonamides is 1. The first kappa shape index (κ1) is 22.6. The van der Waals surface area contributed by atoms with Crippen LogP contribution >= 0.6 is 11.6 Å². The van der Waals surface area contributed by atoms with E-state index in [2.05, 4.69) is 5.32 Å². The molecule has 10 heteroatoms. The van der Waals surface area contributed by atoms with Crippen molar-refractivity contribution in [3.63, 3.8) is 0 Å². The molecule has 5 nitrogen and oxygen atoms in total. The molecule has 0 saturated carbocycles. The van der Waals surface area contributed by atoms with Crippen molar-refractivity contribution in [3.8, 4) is 0 Å². The molecule has 30 heavy (non-hydrogen) atoms. The van der Waals surface area contributed by atoms with E-state index in [1.54, 1.807) is 0 Å². The number of hydrogen-bond acceptors (Lipinski definition) is 3. The van der Waals surface area contributed by atoms with Gasteiger partial charge in [0.2, 0.25) is 15.9 Å². The molecule has 1 N–H and O–H groups in total. The molecule has 0 aromatic heterocycles. The second kappa shape index (κ2) is 8.95. The number of hydrogen-bond donors (Lipinski definition) is 1. The minimum Gasteiger partial charge on any atom is -0.352 e. The monoisotopic (exact) mass is 460 g/mol. The van der Waals surface area contributed by atoms with E-state index in [-0.39, 0.29) is 23.9 Å². The Morgan fingerprint density at radius 2 is 1.73 bits per heavy atom. The largest absolute Gasteiger partial charge is 0.416 e. The van der Waals surface area contributed by atoms with Gasteiger partial charge in [-0.15, -0.1) is 0 Å². The highest BCUT2D eigenvalue weighted by molar-refractivity contribution is 7.89. The third-order valence-electron chi connectivity index (χ3n) is 4.95. The quantitative estimate of drug-likeness (QED) is 0.731. The maximum atomic E-state index is 12.8. The Bertz CT molecular complexity index is 993. The summed E-state index contributed by atoms with van der Waals surface area (Å²) in [5.41, 5.74) is -0.231. The third kappa shape index (κ3) is 5.33. The van der Waals surface area contributed by atoms with Gasteiger partial charge in [-0.2, -0.15) is 17.5 Å². The van der Waals surface area contributed by atoms with E-state index in [0.717, 1.165) is 12.1 Å². The van der Waals surface area contributed by atoms with Gasteiger partial charge >= 0.3 is 6.18 Å². The van der Waals surface area contributed by atoms with Gasteiger partial charge in [0.05, 0.1) is 16.4 Å². The van der Waals surface area contributed by atoms with Gasteiger partial charge in [0.15, 0.2) is 0 Å². The third-order valence-corrected chi connectivity index (χ3v) is 7.09. The Labute approximate surface area is 177 Å². The van der Waals surface area contributed by atoms with Crippen molar-refractivity contribution in [2.75, 3.05) is 13.1 Å². The fourth-order valence-electron chi connectivity index (χ4n) is 3.28. The highest BCUT2D eigenvalue weighted by Gasteiger charge is 2.33. The Morgan fingerprint density at radius 1 is 1.10 bits per heavy atom. The molecule has 2 aromatic rings. The van der Waals surface area contributed by atoms with Crippen LogP contribution in [0.25, 0.3) is 0 Å². The lowest BCUT2D eigenvalue weighted by molar-refractivity contribution is -0.137. The first-order valence-corrected chi connectivity index (χ1v) is 11.1. The van der Waals surface area contributed by atoms with Crippen LogP contribution in [0.5, 0.6) is 0 Å². The first-order chi connectivity index (χ1) is 14.1. The molecule has 0 spiro atoms.